The van der Waals surface area contributed by atoms with E-state index in [1.807, 2.05) is 13.8 Å². The van der Waals surface area contributed by atoms with Crippen LogP contribution in [0.2, 0.25) is 0 Å². The molecule has 4 heteroatoms. The predicted molar refractivity (Wildman–Crippen MR) is 42.0 cm³/mol. The van der Waals surface area contributed by atoms with Gasteiger partial charge in [-0.1, -0.05) is 13.8 Å². The van der Waals surface area contributed by atoms with E-state index in [0.29, 0.717) is 12.3 Å². The number of sulfonamides is 1. The van der Waals surface area contributed by atoms with Gasteiger partial charge in [-0.25, -0.2) is 13.6 Å². The van der Waals surface area contributed by atoms with Crippen LogP contribution in [-0.2, 0) is 10.0 Å². The maximum Gasteiger partial charge on any atom is 0.211 e. The Morgan fingerprint density at radius 1 is 1.30 bits per heavy atom. The molecule has 0 amide bonds. The molecule has 2 N–H and O–H groups in total. The summed E-state index contributed by atoms with van der Waals surface area (Å²) in [7, 11) is -3.30. The maximum atomic E-state index is 10.6. The Kier molecular flexibility index (Phi) is 3.31. The van der Waals surface area contributed by atoms with Crippen molar-refractivity contribution in [2.24, 2.45) is 11.1 Å². The van der Waals surface area contributed by atoms with E-state index in [-0.39, 0.29) is 0 Å². The lowest BCUT2D eigenvalue weighted by Gasteiger charge is -2.10. The lowest BCUT2D eigenvalue weighted by atomic mass is 10.1. The van der Waals surface area contributed by atoms with Crippen LogP contribution in [0.3, 0.4) is 0 Å². The molecular weight excluding hydrogens is 150 g/mol. The van der Waals surface area contributed by atoms with Crippen LogP contribution in [0.15, 0.2) is 0 Å². The molecule has 0 aliphatic rings. The number of primary sulfonamides is 1. The third-order valence-corrected chi connectivity index (χ3v) is 2.68. The van der Waals surface area contributed by atoms with Crippen molar-refractivity contribution in [1.82, 2.24) is 0 Å². The van der Waals surface area contributed by atoms with Crippen LogP contribution in [0.5, 0.6) is 0 Å². The summed E-state index contributed by atoms with van der Waals surface area (Å²) in [6.45, 7) is 5.58. The molecule has 0 radical (unpaired) electrons. The molecule has 0 fully saturated rings. The highest BCUT2D eigenvalue weighted by molar-refractivity contribution is 7.89. The van der Waals surface area contributed by atoms with Gasteiger partial charge in [-0.15, -0.1) is 0 Å². The zero-order valence-corrected chi connectivity index (χ0v) is 7.48. The van der Waals surface area contributed by atoms with Crippen LogP contribution in [0.1, 0.15) is 27.2 Å². The van der Waals surface area contributed by atoms with Crippen LogP contribution < -0.4 is 5.14 Å². The van der Waals surface area contributed by atoms with Crippen molar-refractivity contribution in [1.29, 1.82) is 0 Å². The monoisotopic (exact) mass is 165 g/mol. The Morgan fingerprint density at radius 2 is 1.70 bits per heavy atom. The molecule has 3 nitrogen and oxygen atoms in total. The smallest absolute Gasteiger partial charge is 0.211 e. The molecular formula is C6H15NO2S. The first-order valence-corrected chi connectivity index (χ1v) is 4.96. The van der Waals surface area contributed by atoms with Gasteiger partial charge in [0.1, 0.15) is 0 Å². The van der Waals surface area contributed by atoms with Gasteiger partial charge in [0.05, 0.1) is 5.25 Å². The molecule has 0 rings (SSSR count). The van der Waals surface area contributed by atoms with Gasteiger partial charge in [0.2, 0.25) is 10.0 Å². The number of nitrogens with two attached hydrogens (primary N) is 1. The quantitative estimate of drug-likeness (QED) is 0.669. The normalized spacial score (nSPS) is 15.7. The lowest BCUT2D eigenvalue weighted by Crippen LogP contribution is -2.26. The molecule has 10 heavy (non-hydrogen) atoms. The summed E-state index contributed by atoms with van der Waals surface area (Å²) in [5, 5.41) is 4.49. The highest BCUT2D eigenvalue weighted by atomic mass is 32.2. The minimum absolute atomic E-state index is 0.383. The summed E-state index contributed by atoms with van der Waals surface area (Å²) in [5.41, 5.74) is 0. The lowest BCUT2D eigenvalue weighted by molar-refractivity contribution is 0.538. The van der Waals surface area contributed by atoms with Gasteiger partial charge in [-0.2, -0.15) is 0 Å². The second-order valence-corrected chi connectivity index (χ2v) is 5.01. The van der Waals surface area contributed by atoms with E-state index >= 15 is 0 Å². The van der Waals surface area contributed by atoms with Crippen molar-refractivity contribution < 1.29 is 8.42 Å². The zero-order valence-electron chi connectivity index (χ0n) is 6.66. The molecule has 0 aromatic heterocycles. The van der Waals surface area contributed by atoms with E-state index in [0.717, 1.165) is 0 Å². The van der Waals surface area contributed by atoms with Gasteiger partial charge < -0.3 is 0 Å². The highest BCUT2D eigenvalue weighted by Crippen LogP contribution is 2.08. The summed E-state index contributed by atoms with van der Waals surface area (Å²) < 4.78 is 21.3. The van der Waals surface area contributed by atoms with Gasteiger partial charge in [0.25, 0.3) is 0 Å². The van der Waals surface area contributed by atoms with Gasteiger partial charge in [-0.3, -0.25) is 0 Å². The molecule has 0 aliphatic carbocycles. The average Bonchev–Trinajstić information content (AvgIpc) is 1.60. The molecule has 1 atom stereocenters. The van der Waals surface area contributed by atoms with Crippen molar-refractivity contribution in [3.05, 3.63) is 0 Å². The summed E-state index contributed by atoms with van der Waals surface area (Å²) >= 11 is 0. The standard InChI is InChI=1S/C6H15NO2S/c1-5(2)4-6(3)10(7,8)9/h5-6H,4H2,1-3H3,(H2,7,8,9)/t6-/m0/s1. The van der Waals surface area contributed by atoms with Gasteiger partial charge in [0, 0.05) is 0 Å². The fraction of sp³-hybridized carbons (Fsp3) is 1.00. The molecule has 0 saturated carbocycles. The summed E-state index contributed by atoms with van der Waals surface area (Å²) in [6, 6.07) is 0. The van der Waals surface area contributed by atoms with Crippen molar-refractivity contribution in [3.8, 4) is 0 Å². The van der Waals surface area contributed by atoms with Crippen LogP contribution in [0.25, 0.3) is 0 Å². The fourth-order valence-electron chi connectivity index (χ4n) is 0.798. The zero-order chi connectivity index (χ0) is 8.36. The first kappa shape index (κ1) is 9.91. The SMILES string of the molecule is CC(C)C[C@H](C)S(N)(=O)=O. The van der Waals surface area contributed by atoms with Gasteiger partial charge in [-0.05, 0) is 19.3 Å². The van der Waals surface area contributed by atoms with Crippen molar-refractivity contribution in [3.63, 3.8) is 0 Å². The molecule has 0 aliphatic heterocycles. The van der Waals surface area contributed by atoms with E-state index in [9.17, 15) is 8.42 Å². The second-order valence-electron chi connectivity index (χ2n) is 3.03. The van der Waals surface area contributed by atoms with Crippen LogP contribution in [0.4, 0.5) is 0 Å². The fourth-order valence-corrected chi connectivity index (χ4v) is 1.45. The number of rotatable bonds is 3. The van der Waals surface area contributed by atoms with Gasteiger partial charge in [0.15, 0.2) is 0 Å². The van der Waals surface area contributed by atoms with E-state index < -0.39 is 15.3 Å². The number of hydrogen-bond acceptors (Lipinski definition) is 2. The second kappa shape index (κ2) is 3.34. The van der Waals surface area contributed by atoms with Gasteiger partial charge >= 0.3 is 0 Å². The minimum Gasteiger partial charge on any atom is -0.228 e. The first-order chi connectivity index (χ1) is 4.34. The van der Waals surface area contributed by atoms with Crippen LogP contribution >= 0.6 is 0 Å². The molecule has 0 aromatic rings. The molecule has 62 valence electrons. The van der Waals surface area contributed by atoms with E-state index in [4.69, 9.17) is 5.14 Å². The van der Waals surface area contributed by atoms with Crippen LogP contribution in [-0.4, -0.2) is 13.7 Å². The third-order valence-electron chi connectivity index (χ3n) is 1.36. The maximum absolute atomic E-state index is 10.6. The molecule has 0 aromatic carbocycles. The van der Waals surface area contributed by atoms with Crippen molar-refractivity contribution in [2.75, 3.05) is 0 Å². The molecule has 0 saturated heterocycles. The Balaban J connectivity index is 3.99. The molecule has 0 spiro atoms. The van der Waals surface area contributed by atoms with E-state index in [1.54, 1.807) is 6.92 Å². The van der Waals surface area contributed by atoms with E-state index in [2.05, 4.69) is 0 Å². The van der Waals surface area contributed by atoms with Crippen LogP contribution in [0, 0.1) is 5.92 Å². The summed E-state index contributed by atoms with van der Waals surface area (Å²) in [6.07, 6.45) is 0.638. The summed E-state index contributed by atoms with van der Waals surface area (Å²) in [5.74, 6) is 0.383. The first-order valence-electron chi connectivity index (χ1n) is 3.35. The Bertz CT molecular complexity index is 184. The van der Waals surface area contributed by atoms with Crippen molar-refractivity contribution >= 4 is 10.0 Å². The predicted octanol–water partition coefficient (Wildman–Crippen LogP) is 0.710. The Hall–Kier alpha value is -0.0900. The molecule has 0 unspecified atom stereocenters. The van der Waals surface area contributed by atoms with E-state index in [1.165, 1.54) is 0 Å². The topological polar surface area (TPSA) is 60.2 Å². The highest BCUT2D eigenvalue weighted by Gasteiger charge is 2.15. The Morgan fingerprint density at radius 3 is 1.80 bits per heavy atom. The summed E-state index contributed by atoms with van der Waals surface area (Å²) in [4.78, 5) is 0. The molecule has 0 bridgehead atoms. The third kappa shape index (κ3) is 3.85. The molecule has 0 heterocycles. The average molecular weight is 165 g/mol. The largest absolute Gasteiger partial charge is 0.228 e. The van der Waals surface area contributed by atoms with Crippen molar-refractivity contribution in [2.45, 2.75) is 32.4 Å². The minimum atomic E-state index is -3.30. The Labute approximate surface area is 62.7 Å². The number of hydrogen-bond donors (Lipinski definition) is 1.